The van der Waals surface area contributed by atoms with E-state index in [0.717, 1.165) is 25.6 Å². The molecule has 0 saturated carbocycles. The third-order valence-electron chi connectivity index (χ3n) is 4.28. The van der Waals surface area contributed by atoms with E-state index in [1.165, 1.54) is 42.7 Å². The van der Waals surface area contributed by atoms with E-state index >= 15 is 0 Å². The van der Waals surface area contributed by atoms with Crippen molar-refractivity contribution in [3.05, 3.63) is 29.3 Å². The van der Waals surface area contributed by atoms with Crippen LogP contribution in [0.4, 0.5) is 5.69 Å². The average molecular weight is 276 g/mol. The lowest BCUT2D eigenvalue weighted by atomic mass is 10.1. The second kappa shape index (κ2) is 7.65. The van der Waals surface area contributed by atoms with Gasteiger partial charge in [0.05, 0.1) is 6.61 Å². The fourth-order valence-corrected chi connectivity index (χ4v) is 2.97. The zero-order valence-corrected chi connectivity index (χ0v) is 13.1. The van der Waals surface area contributed by atoms with Gasteiger partial charge in [-0.2, -0.15) is 0 Å². The summed E-state index contributed by atoms with van der Waals surface area (Å²) >= 11 is 0. The third-order valence-corrected chi connectivity index (χ3v) is 4.28. The van der Waals surface area contributed by atoms with Gasteiger partial charge in [-0.25, -0.2) is 0 Å². The molecule has 112 valence electrons. The van der Waals surface area contributed by atoms with Crippen molar-refractivity contribution in [3.63, 3.8) is 0 Å². The van der Waals surface area contributed by atoms with Gasteiger partial charge in [-0.15, -0.1) is 0 Å². The van der Waals surface area contributed by atoms with Crippen LogP contribution in [0.25, 0.3) is 0 Å². The number of rotatable bonds is 7. The molecule has 0 aliphatic carbocycles. The summed E-state index contributed by atoms with van der Waals surface area (Å²) in [5.74, 6) is 0.879. The van der Waals surface area contributed by atoms with E-state index in [0.29, 0.717) is 0 Å². The Morgan fingerprint density at radius 2 is 2.25 bits per heavy atom. The van der Waals surface area contributed by atoms with Crippen LogP contribution in [-0.4, -0.2) is 33.4 Å². The van der Waals surface area contributed by atoms with Crippen molar-refractivity contribution >= 4 is 5.69 Å². The topological polar surface area (TPSA) is 24.5 Å². The SMILES string of the molecule is CCC1CCN(c2ccc(CNCCOC)cc2C)C1. The molecule has 1 aromatic carbocycles. The lowest BCUT2D eigenvalue weighted by molar-refractivity contribution is 0.199. The van der Waals surface area contributed by atoms with Crippen LogP contribution in [0.1, 0.15) is 30.9 Å². The molecule has 20 heavy (non-hydrogen) atoms. The van der Waals surface area contributed by atoms with Gasteiger partial charge in [-0.1, -0.05) is 25.5 Å². The minimum atomic E-state index is 0.767. The van der Waals surface area contributed by atoms with Crippen LogP contribution < -0.4 is 10.2 Å². The molecular weight excluding hydrogens is 248 g/mol. The predicted molar refractivity (Wildman–Crippen MR) is 85.4 cm³/mol. The van der Waals surface area contributed by atoms with Gasteiger partial charge in [0, 0.05) is 39.0 Å². The molecule has 0 bridgehead atoms. The number of nitrogens with one attached hydrogen (secondary N) is 1. The van der Waals surface area contributed by atoms with Crippen molar-refractivity contribution in [1.82, 2.24) is 5.32 Å². The minimum absolute atomic E-state index is 0.767. The van der Waals surface area contributed by atoms with Gasteiger partial charge in [0.15, 0.2) is 0 Å². The van der Waals surface area contributed by atoms with E-state index < -0.39 is 0 Å². The molecule has 0 spiro atoms. The number of anilines is 1. The number of methoxy groups -OCH3 is 1. The summed E-state index contributed by atoms with van der Waals surface area (Å²) in [5.41, 5.74) is 4.17. The Labute approximate surface area is 123 Å². The summed E-state index contributed by atoms with van der Waals surface area (Å²) in [7, 11) is 1.74. The summed E-state index contributed by atoms with van der Waals surface area (Å²) in [6, 6.07) is 6.86. The maximum atomic E-state index is 5.04. The monoisotopic (exact) mass is 276 g/mol. The van der Waals surface area contributed by atoms with Gasteiger partial charge in [-0.05, 0) is 36.5 Å². The second-order valence-electron chi connectivity index (χ2n) is 5.80. The largest absolute Gasteiger partial charge is 0.383 e. The molecule has 3 heteroatoms. The van der Waals surface area contributed by atoms with Crippen LogP contribution in [0, 0.1) is 12.8 Å². The van der Waals surface area contributed by atoms with Crippen molar-refractivity contribution in [2.24, 2.45) is 5.92 Å². The molecule has 1 aromatic rings. The van der Waals surface area contributed by atoms with Gasteiger partial charge in [0.1, 0.15) is 0 Å². The molecule has 3 nitrogen and oxygen atoms in total. The number of nitrogens with zero attached hydrogens (tertiary/aromatic N) is 1. The van der Waals surface area contributed by atoms with E-state index in [1.807, 2.05) is 0 Å². The molecule has 0 amide bonds. The van der Waals surface area contributed by atoms with E-state index in [1.54, 1.807) is 7.11 Å². The highest BCUT2D eigenvalue weighted by molar-refractivity contribution is 5.55. The van der Waals surface area contributed by atoms with Gasteiger partial charge in [0.25, 0.3) is 0 Å². The molecule has 1 heterocycles. The van der Waals surface area contributed by atoms with Gasteiger partial charge in [0.2, 0.25) is 0 Å². The van der Waals surface area contributed by atoms with E-state index in [9.17, 15) is 0 Å². The number of benzene rings is 1. The molecule has 1 N–H and O–H groups in total. The lowest BCUT2D eigenvalue weighted by Gasteiger charge is -2.21. The molecule has 0 aromatic heterocycles. The van der Waals surface area contributed by atoms with Gasteiger partial charge < -0.3 is 15.0 Å². The number of ether oxygens (including phenoxy) is 1. The first-order valence-electron chi connectivity index (χ1n) is 7.78. The highest BCUT2D eigenvalue weighted by atomic mass is 16.5. The maximum absolute atomic E-state index is 5.04. The first-order chi connectivity index (χ1) is 9.74. The standard InChI is InChI=1S/C17H28N2O/c1-4-15-7-9-19(13-15)17-6-5-16(11-14(17)2)12-18-8-10-20-3/h5-6,11,15,18H,4,7-10,12-13H2,1-3H3. The zero-order valence-electron chi connectivity index (χ0n) is 13.1. The molecule has 1 atom stereocenters. The molecule has 1 fully saturated rings. The Bertz CT molecular complexity index is 419. The molecule has 2 rings (SSSR count). The van der Waals surface area contributed by atoms with Crippen LogP contribution in [0.5, 0.6) is 0 Å². The fraction of sp³-hybridized carbons (Fsp3) is 0.647. The molecule has 1 aliphatic heterocycles. The van der Waals surface area contributed by atoms with Crippen LogP contribution in [-0.2, 0) is 11.3 Å². The first kappa shape index (κ1) is 15.3. The number of hydrogen-bond donors (Lipinski definition) is 1. The molecule has 1 saturated heterocycles. The van der Waals surface area contributed by atoms with Crippen molar-refractivity contribution in [1.29, 1.82) is 0 Å². The molecule has 1 aliphatic rings. The summed E-state index contributed by atoms with van der Waals surface area (Å²) in [4.78, 5) is 2.55. The second-order valence-corrected chi connectivity index (χ2v) is 5.80. The van der Waals surface area contributed by atoms with Crippen LogP contribution in [0.15, 0.2) is 18.2 Å². The average Bonchev–Trinajstić information content (AvgIpc) is 2.92. The highest BCUT2D eigenvalue weighted by Gasteiger charge is 2.22. The van der Waals surface area contributed by atoms with Crippen molar-refractivity contribution < 1.29 is 4.74 Å². The zero-order chi connectivity index (χ0) is 14.4. The third kappa shape index (κ3) is 3.97. The Balaban J connectivity index is 1.92. The summed E-state index contributed by atoms with van der Waals surface area (Å²) in [5, 5.41) is 3.40. The first-order valence-corrected chi connectivity index (χ1v) is 7.78. The van der Waals surface area contributed by atoms with E-state index in [-0.39, 0.29) is 0 Å². The van der Waals surface area contributed by atoms with Crippen molar-refractivity contribution in [3.8, 4) is 0 Å². The van der Waals surface area contributed by atoms with Crippen LogP contribution in [0.3, 0.4) is 0 Å². The van der Waals surface area contributed by atoms with Gasteiger partial charge in [-0.3, -0.25) is 0 Å². The quantitative estimate of drug-likeness (QED) is 0.775. The summed E-state index contributed by atoms with van der Waals surface area (Å²) < 4.78 is 5.04. The Kier molecular flexibility index (Phi) is 5.86. The Morgan fingerprint density at radius 1 is 1.40 bits per heavy atom. The smallest absolute Gasteiger partial charge is 0.0587 e. The molecule has 1 unspecified atom stereocenters. The van der Waals surface area contributed by atoms with Crippen LogP contribution in [0.2, 0.25) is 0 Å². The van der Waals surface area contributed by atoms with E-state index in [4.69, 9.17) is 4.74 Å². The summed E-state index contributed by atoms with van der Waals surface area (Å²) in [6.45, 7) is 9.56. The predicted octanol–water partition coefficient (Wildman–Crippen LogP) is 2.97. The van der Waals surface area contributed by atoms with Crippen LogP contribution >= 0.6 is 0 Å². The van der Waals surface area contributed by atoms with Crippen molar-refractivity contribution in [2.45, 2.75) is 33.2 Å². The molecular formula is C17H28N2O. The lowest BCUT2D eigenvalue weighted by Crippen LogP contribution is -2.21. The van der Waals surface area contributed by atoms with Gasteiger partial charge >= 0.3 is 0 Å². The van der Waals surface area contributed by atoms with E-state index in [2.05, 4.69) is 42.3 Å². The maximum Gasteiger partial charge on any atom is 0.0587 e. The minimum Gasteiger partial charge on any atom is -0.383 e. The fourth-order valence-electron chi connectivity index (χ4n) is 2.97. The Hall–Kier alpha value is -1.06. The molecule has 0 radical (unpaired) electrons. The number of aryl methyl sites for hydroxylation is 1. The number of hydrogen-bond acceptors (Lipinski definition) is 3. The normalized spacial score (nSPS) is 18.8. The van der Waals surface area contributed by atoms with Crippen molar-refractivity contribution in [2.75, 3.05) is 38.3 Å². The summed E-state index contributed by atoms with van der Waals surface area (Å²) in [6.07, 6.45) is 2.65. The Morgan fingerprint density at radius 3 is 2.90 bits per heavy atom. The highest BCUT2D eigenvalue weighted by Crippen LogP contribution is 2.28.